The van der Waals surface area contributed by atoms with Crippen LogP contribution in [0.2, 0.25) is 0 Å². The summed E-state index contributed by atoms with van der Waals surface area (Å²) < 4.78 is 12.9. The minimum absolute atomic E-state index is 0.361. The lowest BCUT2D eigenvalue weighted by molar-refractivity contribution is 0.112. The molecule has 0 fully saturated rings. The Morgan fingerprint density at radius 3 is 2.93 bits per heavy atom. The Morgan fingerprint density at radius 2 is 2.27 bits per heavy atom. The molecule has 0 unspecified atom stereocenters. The van der Waals surface area contributed by atoms with Gasteiger partial charge in [0.25, 0.3) is 0 Å². The maximum absolute atomic E-state index is 12.9. The largest absolute Gasteiger partial charge is 0.298 e. The molecule has 2 heteroatoms. The molecule has 0 N–H and O–H groups in total. The topological polar surface area (TPSA) is 17.1 Å². The molecule has 1 aromatic rings. The highest BCUT2D eigenvalue weighted by atomic mass is 19.1. The number of halogens is 1. The van der Waals surface area contributed by atoms with Crippen LogP contribution in [0, 0.1) is 17.7 Å². The van der Waals surface area contributed by atoms with Crippen molar-refractivity contribution in [1.29, 1.82) is 0 Å². The van der Waals surface area contributed by atoms with Crippen LogP contribution in [-0.4, -0.2) is 6.29 Å². The molecule has 0 aliphatic carbocycles. The minimum atomic E-state index is -0.361. The number of hydrogen-bond donors (Lipinski definition) is 0. The summed E-state index contributed by atoms with van der Waals surface area (Å²) in [7, 11) is 0. The van der Waals surface area contributed by atoms with Gasteiger partial charge in [-0.15, -0.1) is 0 Å². The maximum atomic E-state index is 12.9. The molecule has 78 valence electrons. The van der Waals surface area contributed by atoms with Crippen molar-refractivity contribution in [2.75, 3.05) is 0 Å². The van der Waals surface area contributed by atoms with Crippen molar-refractivity contribution in [1.82, 2.24) is 0 Å². The van der Waals surface area contributed by atoms with Crippen LogP contribution in [-0.2, 0) is 0 Å². The van der Waals surface area contributed by atoms with E-state index >= 15 is 0 Å². The van der Waals surface area contributed by atoms with Gasteiger partial charge in [0, 0.05) is 17.5 Å². The minimum Gasteiger partial charge on any atom is -0.298 e. The van der Waals surface area contributed by atoms with Gasteiger partial charge in [-0.2, -0.15) is 0 Å². The molecule has 15 heavy (non-hydrogen) atoms. The standard InChI is InChI=1S/C13H13FO/c1-2-3-4-5-6-11-9-13(14)8-7-12(11)10-15/h7-10H,2-4H2,1H3. The summed E-state index contributed by atoms with van der Waals surface area (Å²) in [4.78, 5) is 10.6. The molecule has 1 rings (SSSR count). The Balaban J connectivity index is 2.85. The fraction of sp³-hybridized carbons (Fsp3) is 0.308. The molecule has 0 spiro atoms. The number of unbranched alkanes of at least 4 members (excludes halogenated alkanes) is 2. The van der Waals surface area contributed by atoms with Crippen molar-refractivity contribution in [3.05, 3.63) is 35.1 Å². The number of benzene rings is 1. The van der Waals surface area contributed by atoms with Gasteiger partial charge in [0.1, 0.15) is 5.82 Å². The van der Waals surface area contributed by atoms with Crippen molar-refractivity contribution < 1.29 is 9.18 Å². The van der Waals surface area contributed by atoms with E-state index in [1.807, 2.05) is 0 Å². The van der Waals surface area contributed by atoms with E-state index in [2.05, 4.69) is 18.8 Å². The van der Waals surface area contributed by atoms with E-state index < -0.39 is 0 Å². The highest BCUT2D eigenvalue weighted by Gasteiger charge is 1.99. The number of rotatable bonds is 3. The van der Waals surface area contributed by atoms with Gasteiger partial charge in [-0.25, -0.2) is 4.39 Å². The molecule has 0 aliphatic rings. The Bertz CT molecular complexity index is 399. The maximum Gasteiger partial charge on any atom is 0.151 e. The quantitative estimate of drug-likeness (QED) is 0.420. The fourth-order valence-corrected chi connectivity index (χ4v) is 1.16. The van der Waals surface area contributed by atoms with Crippen LogP contribution in [0.25, 0.3) is 0 Å². The van der Waals surface area contributed by atoms with E-state index in [1.54, 1.807) is 0 Å². The predicted octanol–water partition coefficient (Wildman–Crippen LogP) is 3.18. The van der Waals surface area contributed by atoms with Crippen molar-refractivity contribution in [2.24, 2.45) is 0 Å². The molecule has 0 radical (unpaired) electrons. The Labute approximate surface area is 89.3 Å². The Kier molecular flexibility index (Phi) is 4.56. The molecule has 0 bridgehead atoms. The van der Waals surface area contributed by atoms with E-state index in [4.69, 9.17) is 0 Å². The van der Waals surface area contributed by atoms with Gasteiger partial charge in [-0.3, -0.25) is 4.79 Å². The lowest BCUT2D eigenvalue weighted by Crippen LogP contribution is -1.88. The Hall–Kier alpha value is -1.62. The lowest BCUT2D eigenvalue weighted by Gasteiger charge is -1.95. The van der Waals surface area contributed by atoms with Gasteiger partial charge in [0.05, 0.1) is 0 Å². The summed E-state index contributed by atoms with van der Waals surface area (Å²) in [5.41, 5.74) is 0.918. The van der Waals surface area contributed by atoms with Crippen LogP contribution >= 0.6 is 0 Å². The molecule has 1 nitrogen and oxygen atoms in total. The molecule has 0 amide bonds. The van der Waals surface area contributed by atoms with Crippen molar-refractivity contribution in [3.8, 4) is 11.8 Å². The van der Waals surface area contributed by atoms with Crippen LogP contribution in [0.4, 0.5) is 4.39 Å². The van der Waals surface area contributed by atoms with E-state index in [1.165, 1.54) is 18.2 Å². The number of carbonyl (C=O) groups is 1. The second-order valence-electron chi connectivity index (χ2n) is 3.25. The first-order chi connectivity index (χ1) is 7.27. The lowest BCUT2D eigenvalue weighted by atomic mass is 10.1. The average molecular weight is 204 g/mol. The first-order valence-electron chi connectivity index (χ1n) is 5.01. The summed E-state index contributed by atoms with van der Waals surface area (Å²) >= 11 is 0. The van der Waals surface area contributed by atoms with E-state index in [0.29, 0.717) is 17.4 Å². The molecule has 1 aromatic carbocycles. The molecule has 0 aliphatic heterocycles. The molecule has 0 saturated carbocycles. The fourth-order valence-electron chi connectivity index (χ4n) is 1.16. The highest BCUT2D eigenvalue weighted by Crippen LogP contribution is 2.08. The van der Waals surface area contributed by atoms with E-state index in [-0.39, 0.29) is 5.82 Å². The summed E-state index contributed by atoms with van der Waals surface area (Å²) in [6, 6.07) is 4.01. The van der Waals surface area contributed by atoms with Crippen LogP contribution in [0.1, 0.15) is 42.1 Å². The average Bonchev–Trinajstić information content (AvgIpc) is 2.25. The normalized spacial score (nSPS) is 9.20. The molecule has 0 aromatic heterocycles. The van der Waals surface area contributed by atoms with Crippen LogP contribution in [0.15, 0.2) is 18.2 Å². The zero-order valence-electron chi connectivity index (χ0n) is 8.72. The second-order valence-corrected chi connectivity index (χ2v) is 3.25. The molecule has 0 heterocycles. The second kappa shape index (κ2) is 5.98. The molecule has 0 atom stereocenters. The zero-order valence-corrected chi connectivity index (χ0v) is 8.72. The van der Waals surface area contributed by atoms with Gasteiger partial charge in [0.15, 0.2) is 6.29 Å². The van der Waals surface area contributed by atoms with Crippen LogP contribution < -0.4 is 0 Å². The highest BCUT2D eigenvalue weighted by molar-refractivity contribution is 5.79. The van der Waals surface area contributed by atoms with Crippen molar-refractivity contribution in [3.63, 3.8) is 0 Å². The monoisotopic (exact) mass is 204 g/mol. The van der Waals surface area contributed by atoms with E-state index in [0.717, 1.165) is 19.3 Å². The van der Waals surface area contributed by atoms with Crippen LogP contribution in [0.5, 0.6) is 0 Å². The number of aldehydes is 1. The number of carbonyl (C=O) groups excluding carboxylic acids is 1. The summed E-state index contributed by atoms with van der Waals surface area (Å²) in [5, 5.41) is 0. The molecular formula is C13H13FO. The third-order valence-corrected chi connectivity index (χ3v) is 2.02. The third-order valence-electron chi connectivity index (χ3n) is 2.02. The first kappa shape index (κ1) is 11.5. The summed E-state index contributed by atoms with van der Waals surface area (Å²) in [5.74, 6) is 5.39. The number of hydrogen-bond acceptors (Lipinski definition) is 1. The van der Waals surface area contributed by atoms with Crippen molar-refractivity contribution in [2.45, 2.75) is 26.2 Å². The first-order valence-corrected chi connectivity index (χ1v) is 5.01. The summed E-state index contributed by atoms with van der Waals surface area (Å²) in [6.45, 7) is 2.08. The van der Waals surface area contributed by atoms with Crippen molar-refractivity contribution >= 4 is 6.29 Å². The summed E-state index contributed by atoms with van der Waals surface area (Å²) in [6.07, 6.45) is 3.59. The predicted molar refractivity (Wildman–Crippen MR) is 58.2 cm³/mol. The van der Waals surface area contributed by atoms with Gasteiger partial charge in [0.2, 0.25) is 0 Å². The van der Waals surface area contributed by atoms with E-state index in [9.17, 15) is 9.18 Å². The smallest absolute Gasteiger partial charge is 0.151 e. The van der Waals surface area contributed by atoms with Crippen LogP contribution in [0.3, 0.4) is 0 Å². The zero-order chi connectivity index (χ0) is 11.1. The van der Waals surface area contributed by atoms with Gasteiger partial charge >= 0.3 is 0 Å². The molecular weight excluding hydrogens is 191 g/mol. The van der Waals surface area contributed by atoms with Gasteiger partial charge < -0.3 is 0 Å². The Morgan fingerprint density at radius 1 is 1.47 bits per heavy atom. The van der Waals surface area contributed by atoms with Gasteiger partial charge in [-0.1, -0.05) is 25.2 Å². The van der Waals surface area contributed by atoms with Gasteiger partial charge in [-0.05, 0) is 24.6 Å². The third kappa shape index (κ3) is 3.55. The molecule has 0 saturated heterocycles. The SMILES string of the molecule is CCCCC#Cc1cc(F)ccc1C=O.